The minimum atomic E-state index is -0.930. The van der Waals surface area contributed by atoms with Crippen molar-refractivity contribution in [3.63, 3.8) is 0 Å². The number of hydrogen-bond donors (Lipinski definition) is 3. The Hall–Kier alpha value is -1.23. The third-order valence-corrected chi connectivity index (χ3v) is 7.56. The average molecular weight is 369 g/mol. The van der Waals surface area contributed by atoms with Gasteiger partial charge in [0.1, 0.15) is 10.6 Å². The molecule has 7 heteroatoms. The number of hydrogen-bond acceptors (Lipinski definition) is 5. The molecule has 0 aliphatic rings. The van der Waals surface area contributed by atoms with Crippen LogP contribution in [0.15, 0.2) is 29.6 Å². The zero-order valence-electron chi connectivity index (χ0n) is 13.5. The second-order valence-corrected chi connectivity index (χ2v) is 11.1. The number of carboxylic acids is 1. The van der Waals surface area contributed by atoms with Gasteiger partial charge in [0.15, 0.2) is 0 Å². The lowest BCUT2D eigenvalue weighted by Crippen LogP contribution is -2.12. The molecule has 3 N–H and O–H groups in total. The molecule has 0 fully saturated rings. The summed E-state index contributed by atoms with van der Waals surface area (Å²) in [6.45, 7) is 8.36. The first-order valence-electron chi connectivity index (χ1n) is 7.01. The topological polar surface area (TPSA) is 69.6 Å². The van der Waals surface area contributed by atoms with Crippen molar-refractivity contribution in [3.05, 3.63) is 40.1 Å². The van der Waals surface area contributed by atoms with E-state index in [0.717, 1.165) is 10.9 Å². The fraction of sp³-hybridized carbons (Fsp3) is 0.312. The summed E-state index contributed by atoms with van der Waals surface area (Å²) in [6, 6.07) is 7.58. The molecule has 0 saturated carbocycles. The Morgan fingerprint density at radius 1 is 1.30 bits per heavy atom. The third-order valence-electron chi connectivity index (χ3n) is 3.33. The molecule has 1 atom stereocenters. The van der Waals surface area contributed by atoms with E-state index >= 15 is 0 Å². The van der Waals surface area contributed by atoms with Gasteiger partial charge < -0.3 is 14.9 Å². The quantitative estimate of drug-likeness (QED) is 0.519. The molecule has 1 aromatic carbocycles. The molecule has 0 bridgehead atoms. The van der Waals surface area contributed by atoms with Crippen LogP contribution in [0.2, 0.25) is 0 Å². The summed E-state index contributed by atoms with van der Waals surface area (Å²) < 4.78 is 3.11. The van der Waals surface area contributed by atoms with E-state index in [1.54, 1.807) is 11.4 Å². The standard InChI is InChI=1S/C16H20NO3PS2/c1-16(2,3)10-5-6-13(12(18)9-10)21(4)23-17-11-7-8-22-14(11)15(19)20/h5-9,17-18H,1-4H3,(H,19,20). The van der Waals surface area contributed by atoms with Crippen molar-refractivity contribution in [1.29, 1.82) is 0 Å². The third kappa shape index (κ3) is 4.40. The summed E-state index contributed by atoms with van der Waals surface area (Å²) in [5.74, 6) is -0.634. The molecule has 2 rings (SSSR count). The fourth-order valence-corrected chi connectivity index (χ4v) is 5.37. The first-order chi connectivity index (χ1) is 10.7. The maximum atomic E-state index is 11.1. The van der Waals surface area contributed by atoms with Crippen molar-refractivity contribution in [2.75, 3.05) is 11.4 Å². The molecule has 1 unspecified atom stereocenters. The fourth-order valence-electron chi connectivity index (χ4n) is 1.98. The minimum absolute atomic E-state index is 0.00896. The predicted octanol–water partition coefficient (Wildman–Crippen LogP) is 4.86. The van der Waals surface area contributed by atoms with Gasteiger partial charge in [-0.25, -0.2) is 4.79 Å². The Morgan fingerprint density at radius 3 is 2.57 bits per heavy atom. The molecule has 0 radical (unpaired) electrons. The van der Waals surface area contributed by atoms with Gasteiger partial charge in [0, 0.05) is 12.4 Å². The van der Waals surface area contributed by atoms with Gasteiger partial charge in [0.05, 0.1) is 5.69 Å². The lowest BCUT2D eigenvalue weighted by Gasteiger charge is -2.21. The highest BCUT2D eigenvalue weighted by Gasteiger charge is 2.19. The number of nitrogens with one attached hydrogen (secondary N) is 1. The first kappa shape index (κ1) is 18.1. The summed E-state index contributed by atoms with van der Waals surface area (Å²) in [5.41, 5.74) is 1.68. The molecule has 0 aliphatic carbocycles. The van der Waals surface area contributed by atoms with E-state index in [-0.39, 0.29) is 5.41 Å². The highest BCUT2D eigenvalue weighted by molar-refractivity contribution is 8.58. The van der Waals surface area contributed by atoms with Crippen LogP contribution in [-0.4, -0.2) is 22.8 Å². The van der Waals surface area contributed by atoms with E-state index < -0.39 is 13.1 Å². The van der Waals surface area contributed by atoms with E-state index in [1.165, 1.54) is 22.9 Å². The van der Waals surface area contributed by atoms with Crippen molar-refractivity contribution in [1.82, 2.24) is 0 Å². The number of rotatable bonds is 5. The van der Waals surface area contributed by atoms with Crippen LogP contribution in [0.3, 0.4) is 0 Å². The zero-order chi connectivity index (χ0) is 17.2. The lowest BCUT2D eigenvalue weighted by atomic mass is 9.87. The van der Waals surface area contributed by atoms with Crippen molar-refractivity contribution >= 4 is 47.0 Å². The molecule has 2 aromatic rings. The van der Waals surface area contributed by atoms with Crippen LogP contribution in [0.5, 0.6) is 5.75 Å². The molecule has 0 amide bonds. The lowest BCUT2D eigenvalue weighted by molar-refractivity contribution is 0.0703. The van der Waals surface area contributed by atoms with Gasteiger partial charge in [0.2, 0.25) is 0 Å². The summed E-state index contributed by atoms with van der Waals surface area (Å²) >= 11 is 2.64. The summed E-state index contributed by atoms with van der Waals surface area (Å²) in [4.78, 5) is 11.4. The molecular weight excluding hydrogens is 349 g/mol. The van der Waals surface area contributed by atoms with Gasteiger partial charge in [0.25, 0.3) is 0 Å². The molecule has 1 aromatic heterocycles. The number of phenols is 1. The molecule has 0 spiro atoms. The number of aromatic hydroxyl groups is 1. The predicted molar refractivity (Wildman–Crippen MR) is 102 cm³/mol. The van der Waals surface area contributed by atoms with Crippen molar-refractivity contribution < 1.29 is 15.0 Å². The smallest absolute Gasteiger partial charge is 0.348 e. The Balaban J connectivity index is 2.10. The van der Waals surface area contributed by atoms with Gasteiger partial charge in [-0.15, -0.1) is 11.3 Å². The number of phenolic OH excluding ortho intramolecular Hbond substituents is 1. The monoisotopic (exact) mass is 369 g/mol. The van der Waals surface area contributed by atoms with E-state index in [1.807, 2.05) is 24.9 Å². The Kier molecular flexibility index (Phi) is 5.61. The Morgan fingerprint density at radius 2 is 2.00 bits per heavy atom. The van der Waals surface area contributed by atoms with Gasteiger partial charge in [-0.05, 0) is 52.8 Å². The number of carboxylic acid groups (broad SMARTS) is 1. The highest BCUT2D eigenvalue weighted by atomic mass is 32.7. The summed E-state index contributed by atoms with van der Waals surface area (Å²) in [7, 11) is -0.714. The van der Waals surface area contributed by atoms with E-state index in [9.17, 15) is 9.90 Å². The zero-order valence-corrected chi connectivity index (χ0v) is 16.0. The van der Waals surface area contributed by atoms with Crippen LogP contribution < -0.4 is 10.0 Å². The van der Waals surface area contributed by atoms with Crippen LogP contribution in [0.1, 0.15) is 36.0 Å². The van der Waals surface area contributed by atoms with E-state index in [0.29, 0.717) is 16.3 Å². The molecule has 23 heavy (non-hydrogen) atoms. The highest BCUT2D eigenvalue weighted by Crippen LogP contribution is 2.48. The number of benzene rings is 1. The molecule has 0 saturated heterocycles. The SMILES string of the molecule is CP(SNc1ccsc1C(=O)O)c1ccc(C(C)(C)C)cc1O. The normalized spacial score (nSPS) is 12.9. The van der Waals surface area contributed by atoms with Gasteiger partial charge in [-0.1, -0.05) is 26.8 Å². The number of thiophene rings is 1. The number of anilines is 1. The molecule has 0 aliphatic heterocycles. The van der Waals surface area contributed by atoms with E-state index in [4.69, 9.17) is 5.11 Å². The molecular formula is C16H20NO3PS2. The average Bonchev–Trinajstić information content (AvgIpc) is 2.92. The van der Waals surface area contributed by atoms with Crippen LogP contribution >= 0.6 is 30.0 Å². The molecule has 124 valence electrons. The summed E-state index contributed by atoms with van der Waals surface area (Å²) in [6.07, 6.45) is 0. The molecule has 4 nitrogen and oxygen atoms in total. The second kappa shape index (κ2) is 7.12. The minimum Gasteiger partial charge on any atom is -0.507 e. The van der Waals surface area contributed by atoms with Crippen LogP contribution in [-0.2, 0) is 5.41 Å². The van der Waals surface area contributed by atoms with Crippen molar-refractivity contribution in [2.45, 2.75) is 26.2 Å². The Labute approximate surface area is 145 Å². The van der Waals surface area contributed by atoms with E-state index in [2.05, 4.69) is 25.5 Å². The van der Waals surface area contributed by atoms with Crippen molar-refractivity contribution in [3.8, 4) is 5.75 Å². The number of carbonyl (C=O) groups is 1. The molecule has 1 heterocycles. The van der Waals surface area contributed by atoms with Crippen LogP contribution in [0.25, 0.3) is 0 Å². The van der Waals surface area contributed by atoms with Gasteiger partial charge >= 0.3 is 5.97 Å². The second-order valence-electron chi connectivity index (χ2n) is 6.11. The van der Waals surface area contributed by atoms with Crippen LogP contribution in [0.4, 0.5) is 5.69 Å². The maximum absolute atomic E-state index is 11.1. The first-order valence-corrected chi connectivity index (χ1v) is 11.1. The van der Waals surface area contributed by atoms with Crippen molar-refractivity contribution in [2.24, 2.45) is 0 Å². The summed E-state index contributed by atoms with van der Waals surface area (Å²) in [5, 5.41) is 22.1. The largest absolute Gasteiger partial charge is 0.507 e. The van der Waals surface area contributed by atoms with Crippen LogP contribution in [0, 0.1) is 0 Å². The number of aromatic carboxylic acids is 1. The van der Waals surface area contributed by atoms with Gasteiger partial charge in [-0.3, -0.25) is 0 Å². The van der Waals surface area contributed by atoms with Gasteiger partial charge in [-0.2, -0.15) is 0 Å². The maximum Gasteiger partial charge on any atom is 0.348 e. The Bertz CT molecular complexity index is 710.